The fraction of sp³-hybridized carbons (Fsp3) is 1.00. The molecule has 0 amide bonds. The van der Waals surface area contributed by atoms with E-state index in [4.69, 9.17) is 4.74 Å². The lowest BCUT2D eigenvalue weighted by Crippen LogP contribution is -2.47. The van der Waals surface area contributed by atoms with Crippen LogP contribution in [-0.2, 0) is 4.74 Å². The maximum Gasteiger partial charge on any atom is 0.0906 e. The molecule has 0 aromatic heterocycles. The Balaban J connectivity index is 3.77. The summed E-state index contributed by atoms with van der Waals surface area (Å²) in [7, 11) is 0. The van der Waals surface area contributed by atoms with E-state index in [0.29, 0.717) is 6.61 Å². The van der Waals surface area contributed by atoms with E-state index in [1.807, 2.05) is 13.8 Å². The van der Waals surface area contributed by atoms with Gasteiger partial charge in [0.2, 0.25) is 0 Å². The molecule has 13 heavy (non-hydrogen) atoms. The largest absolute Gasteiger partial charge is 0.387 e. The zero-order valence-corrected chi connectivity index (χ0v) is 10.0. The van der Waals surface area contributed by atoms with Gasteiger partial charge in [0.25, 0.3) is 0 Å². The van der Waals surface area contributed by atoms with Crippen LogP contribution in [0, 0.1) is 0 Å². The third-order valence-electron chi connectivity index (χ3n) is 2.49. The van der Waals surface area contributed by atoms with Crippen LogP contribution in [0.5, 0.6) is 0 Å². The molecule has 0 unspecified atom stereocenters. The van der Waals surface area contributed by atoms with Crippen LogP contribution < -0.4 is 0 Å². The lowest BCUT2D eigenvalue weighted by atomic mass is 9.89. The molecule has 0 bridgehead atoms. The number of thiol groups is 1. The van der Waals surface area contributed by atoms with Gasteiger partial charge in [-0.3, -0.25) is 0 Å². The second-order valence-electron chi connectivity index (χ2n) is 4.35. The molecule has 0 aliphatic carbocycles. The molecule has 0 radical (unpaired) electrons. The molecule has 0 fully saturated rings. The van der Waals surface area contributed by atoms with Gasteiger partial charge in [0, 0.05) is 6.61 Å². The van der Waals surface area contributed by atoms with Crippen molar-refractivity contribution >= 4 is 12.6 Å². The first-order valence-electron chi connectivity index (χ1n) is 4.78. The Hall–Kier alpha value is 0.270. The minimum Gasteiger partial charge on any atom is -0.387 e. The molecular formula is C10H22O2S. The van der Waals surface area contributed by atoms with E-state index < -0.39 is 11.2 Å². The molecule has 2 nitrogen and oxygen atoms in total. The van der Waals surface area contributed by atoms with Crippen LogP contribution in [0.25, 0.3) is 0 Å². The summed E-state index contributed by atoms with van der Waals surface area (Å²) in [5.74, 6) is 0.895. The summed E-state index contributed by atoms with van der Waals surface area (Å²) in [4.78, 5) is 0. The first-order chi connectivity index (χ1) is 5.81. The van der Waals surface area contributed by atoms with Gasteiger partial charge in [-0.15, -0.1) is 0 Å². The average molecular weight is 206 g/mol. The van der Waals surface area contributed by atoms with Gasteiger partial charge < -0.3 is 9.84 Å². The van der Waals surface area contributed by atoms with Crippen molar-refractivity contribution in [3.63, 3.8) is 0 Å². The lowest BCUT2D eigenvalue weighted by molar-refractivity contribution is -0.147. The van der Waals surface area contributed by atoms with Crippen molar-refractivity contribution in [1.29, 1.82) is 0 Å². The van der Waals surface area contributed by atoms with E-state index in [-0.39, 0.29) is 0 Å². The van der Waals surface area contributed by atoms with Gasteiger partial charge in [0.1, 0.15) is 0 Å². The number of aliphatic hydroxyl groups is 1. The number of rotatable bonds is 6. The Morgan fingerprint density at radius 1 is 1.15 bits per heavy atom. The van der Waals surface area contributed by atoms with E-state index >= 15 is 0 Å². The smallest absolute Gasteiger partial charge is 0.0906 e. The van der Waals surface area contributed by atoms with Crippen molar-refractivity contribution in [3.8, 4) is 0 Å². The van der Waals surface area contributed by atoms with E-state index in [1.165, 1.54) is 0 Å². The number of ether oxygens (including phenoxy) is 1. The lowest BCUT2D eigenvalue weighted by Gasteiger charge is -2.37. The standard InChI is InChI=1S/C10H22O2S/c1-9(2,11)10(3,4)12-7-5-6-8-13/h11,13H,5-8H2,1-4H3. The van der Waals surface area contributed by atoms with Gasteiger partial charge in [-0.25, -0.2) is 0 Å². The average Bonchev–Trinajstić information content (AvgIpc) is 1.96. The number of hydrogen-bond acceptors (Lipinski definition) is 3. The topological polar surface area (TPSA) is 29.5 Å². The minimum atomic E-state index is -0.798. The molecule has 0 aromatic carbocycles. The molecule has 0 rings (SSSR count). The van der Waals surface area contributed by atoms with Crippen LogP contribution in [0.15, 0.2) is 0 Å². The monoisotopic (exact) mass is 206 g/mol. The number of hydrogen-bond donors (Lipinski definition) is 2. The van der Waals surface area contributed by atoms with Crippen molar-refractivity contribution < 1.29 is 9.84 Å². The fourth-order valence-electron chi connectivity index (χ4n) is 0.718. The first kappa shape index (κ1) is 13.3. The van der Waals surface area contributed by atoms with Gasteiger partial charge in [0.05, 0.1) is 11.2 Å². The summed E-state index contributed by atoms with van der Waals surface area (Å²) in [6.45, 7) is 8.05. The van der Waals surface area contributed by atoms with Gasteiger partial charge >= 0.3 is 0 Å². The second-order valence-corrected chi connectivity index (χ2v) is 4.80. The minimum absolute atomic E-state index is 0.483. The summed E-state index contributed by atoms with van der Waals surface area (Å²) in [6.07, 6.45) is 2.06. The molecular weight excluding hydrogens is 184 g/mol. The van der Waals surface area contributed by atoms with Crippen LogP contribution in [0.2, 0.25) is 0 Å². The first-order valence-corrected chi connectivity index (χ1v) is 5.42. The third kappa shape index (κ3) is 4.89. The molecule has 0 aliphatic rings. The molecule has 0 aromatic rings. The number of unbranched alkanes of at least 4 members (excludes halogenated alkanes) is 1. The fourth-order valence-corrected chi connectivity index (χ4v) is 0.941. The van der Waals surface area contributed by atoms with E-state index in [2.05, 4.69) is 12.6 Å². The molecule has 0 heterocycles. The summed E-state index contributed by atoms with van der Waals surface area (Å²) >= 11 is 4.12. The second kappa shape index (κ2) is 5.23. The van der Waals surface area contributed by atoms with Crippen LogP contribution in [0.1, 0.15) is 40.5 Å². The summed E-state index contributed by atoms with van der Waals surface area (Å²) in [5, 5.41) is 9.76. The van der Waals surface area contributed by atoms with Gasteiger partial charge in [-0.2, -0.15) is 12.6 Å². The van der Waals surface area contributed by atoms with E-state index in [9.17, 15) is 5.11 Å². The highest BCUT2D eigenvalue weighted by Crippen LogP contribution is 2.25. The predicted octanol–water partition coefficient (Wildman–Crippen LogP) is 2.26. The van der Waals surface area contributed by atoms with Crippen LogP contribution in [0.3, 0.4) is 0 Å². The summed E-state index contributed by atoms with van der Waals surface area (Å²) in [6, 6.07) is 0. The van der Waals surface area contributed by atoms with Crippen molar-refractivity contribution in [3.05, 3.63) is 0 Å². The Morgan fingerprint density at radius 2 is 1.69 bits per heavy atom. The van der Waals surface area contributed by atoms with Crippen LogP contribution in [-0.4, -0.2) is 28.7 Å². The molecule has 0 spiro atoms. The summed E-state index contributed by atoms with van der Waals surface area (Å²) < 4.78 is 5.61. The van der Waals surface area contributed by atoms with Crippen molar-refractivity contribution in [2.45, 2.75) is 51.7 Å². The molecule has 1 N–H and O–H groups in total. The zero-order valence-electron chi connectivity index (χ0n) is 9.13. The molecule has 0 aliphatic heterocycles. The Labute approximate surface area is 87.1 Å². The van der Waals surface area contributed by atoms with Crippen molar-refractivity contribution in [2.75, 3.05) is 12.4 Å². The van der Waals surface area contributed by atoms with Gasteiger partial charge in [0.15, 0.2) is 0 Å². The third-order valence-corrected chi connectivity index (χ3v) is 2.80. The molecule has 0 saturated heterocycles. The molecule has 3 heteroatoms. The highest BCUT2D eigenvalue weighted by Gasteiger charge is 2.35. The van der Waals surface area contributed by atoms with Crippen molar-refractivity contribution in [2.24, 2.45) is 0 Å². The zero-order chi connectivity index (χ0) is 10.5. The quantitative estimate of drug-likeness (QED) is 0.516. The highest BCUT2D eigenvalue weighted by atomic mass is 32.1. The molecule has 0 saturated carbocycles. The predicted molar refractivity (Wildman–Crippen MR) is 59.4 cm³/mol. The van der Waals surface area contributed by atoms with Gasteiger partial charge in [-0.05, 0) is 46.3 Å². The molecule has 0 atom stereocenters. The SMILES string of the molecule is CC(C)(O)C(C)(C)OCCCCS. The van der Waals surface area contributed by atoms with Gasteiger partial charge in [-0.1, -0.05) is 0 Å². The molecule has 80 valence electrons. The summed E-state index contributed by atoms with van der Waals surface area (Å²) in [5.41, 5.74) is -1.28. The Kier molecular flexibility index (Phi) is 5.33. The highest BCUT2D eigenvalue weighted by molar-refractivity contribution is 7.80. The van der Waals surface area contributed by atoms with E-state index in [0.717, 1.165) is 18.6 Å². The van der Waals surface area contributed by atoms with Crippen LogP contribution >= 0.6 is 12.6 Å². The van der Waals surface area contributed by atoms with Crippen molar-refractivity contribution in [1.82, 2.24) is 0 Å². The maximum absolute atomic E-state index is 9.76. The van der Waals surface area contributed by atoms with Crippen LogP contribution in [0.4, 0.5) is 0 Å². The van der Waals surface area contributed by atoms with E-state index in [1.54, 1.807) is 13.8 Å². The Bertz CT molecular complexity index is 138. The maximum atomic E-state index is 9.76. The normalized spacial score (nSPS) is 13.4. The Morgan fingerprint density at radius 3 is 2.08 bits per heavy atom.